The first-order chi connectivity index (χ1) is 29.6. The van der Waals surface area contributed by atoms with E-state index < -0.39 is 84.5 Å². The van der Waals surface area contributed by atoms with Gasteiger partial charge in [0.1, 0.15) is 12.7 Å². The van der Waals surface area contributed by atoms with E-state index in [0.29, 0.717) is 6.42 Å². The topological polar surface area (TPSA) is 256 Å². The van der Waals surface area contributed by atoms with E-state index >= 15 is 0 Å². The van der Waals surface area contributed by atoms with Gasteiger partial charge in [-0.1, -0.05) is 137 Å². The molecule has 0 aliphatic carbocycles. The molecule has 356 valence electrons. The molecule has 62 heavy (non-hydrogen) atoms. The van der Waals surface area contributed by atoms with Crippen LogP contribution in [0.25, 0.3) is 0 Å². The van der Waals surface area contributed by atoms with Crippen LogP contribution < -0.4 is 0 Å². The Kier molecular flexibility index (Phi) is 36.9. The second-order valence-electron chi connectivity index (χ2n) is 14.4. The first kappa shape index (κ1) is 59.2. The summed E-state index contributed by atoms with van der Waals surface area (Å²) in [5.74, 6) is -1.39. The van der Waals surface area contributed by atoms with Crippen molar-refractivity contribution in [1.82, 2.24) is 0 Å². The largest absolute Gasteiger partial charge is 0.472 e. The van der Waals surface area contributed by atoms with Gasteiger partial charge in [0.2, 0.25) is 0 Å². The lowest BCUT2D eigenvalue weighted by atomic mass is 10.1. The van der Waals surface area contributed by atoms with Crippen LogP contribution in [0.1, 0.15) is 123 Å². The van der Waals surface area contributed by atoms with E-state index in [2.05, 4.69) is 59.4 Å². The summed E-state index contributed by atoms with van der Waals surface area (Å²) in [6.45, 7) is 1.11. The molecule has 0 rings (SSSR count). The zero-order valence-electron chi connectivity index (χ0n) is 36.5. The molecule has 0 amide bonds. The van der Waals surface area contributed by atoms with E-state index in [-0.39, 0.29) is 25.7 Å². The molecule has 0 bridgehead atoms. The SMILES string of the molecule is CC/C=C\C/C=C\C/C=C\CCCCCCCC(=O)O[C@H](COC(=O)CCC[C@@H](O)[C@H](O)/C=C/C=C/C=C\C=C\[C@H](O)CCCCC)COP(=O)(O)OC[C@@H](O)COP(=O)(O)O. The van der Waals surface area contributed by atoms with Crippen molar-refractivity contribution >= 4 is 27.6 Å². The van der Waals surface area contributed by atoms with E-state index in [9.17, 15) is 44.0 Å². The summed E-state index contributed by atoms with van der Waals surface area (Å²) < 4.78 is 47.5. The van der Waals surface area contributed by atoms with Gasteiger partial charge < -0.3 is 44.6 Å². The number of ether oxygens (including phenoxy) is 2. The van der Waals surface area contributed by atoms with Crippen LogP contribution in [-0.4, -0.2) is 104 Å². The number of aliphatic hydroxyl groups is 4. The van der Waals surface area contributed by atoms with Crippen LogP contribution in [0.15, 0.2) is 85.1 Å². The van der Waals surface area contributed by atoms with E-state index in [1.807, 2.05) is 0 Å². The Morgan fingerprint density at radius 1 is 0.581 bits per heavy atom. The van der Waals surface area contributed by atoms with E-state index in [0.717, 1.165) is 77.0 Å². The smallest absolute Gasteiger partial charge is 0.462 e. The van der Waals surface area contributed by atoms with Crippen LogP contribution in [-0.2, 0) is 41.8 Å². The van der Waals surface area contributed by atoms with Crippen molar-refractivity contribution in [2.45, 2.75) is 154 Å². The maximum Gasteiger partial charge on any atom is 0.472 e. The van der Waals surface area contributed by atoms with Crippen LogP contribution in [0, 0.1) is 0 Å². The number of carbonyl (C=O) groups excluding carboxylic acids is 2. The number of phosphoric ester groups is 2. The molecule has 16 nitrogen and oxygen atoms in total. The number of phosphoric acid groups is 2. The Labute approximate surface area is 368 Å². The Morgan fingerprint density at radius 3 is 1.84 bits per heavy atom. The van der Waals surface area contributed by atoms with Gasteiger partial charge in [0, 0.05) is 12.8 Å². The summed E-state index contributed by atoms with van der Waals surface area (Å²) in [4.78, 5) is 52.7. The van der Waals surface area contributed by atoms with Gasteiger partial charge >= 0.3 is 27.6 Å². The highest BCUT2D eigenvalue weighted by Crippen LogP contribution is 2.43. The van der Waals surface area contributed by atoms with Gasteiger partial charge in [-0.05, 0) is 57.8 Å². The molecule has 0 aromatic carbocycles. The molecule has 6 atom stereocenters. The van der Waals surface area contributed by atoms with Crippen LogP contribution in [0.3, 0.4) is 0 Å². The lowest BCUT2D eigenvalue weighted by molar-refractivity contribution is -0.161. The third kappa shape index (κ3) is 40.0. The fourth-order valence-corrected chi connectivity index (χ4v) is 6.37. The standard InChI is InChI=1S/C44H74O16P2/c1-3-5-7-8-9-10-11-12-13-14-15-16-17-22-26-32-44(50)60-40(37-59-62(54,55)58-35-39(46)34-57-61(51,52)53)36-56-43(49)33-27-31-42(48)41(47)30-25-21-19-18-20-24-29-38(45)28-23-6-4-2/h5,7,9-10,12-13,18-21,24-25,29-30,38-42,45-48H,3-4,6,8,11,14-17,22-23,26-28,31-37H2,1-2H3,(H,54,55)(H2,51,52,53)/b7-5-,10-9-,13-12-,20-18-,21-19+,29-24+,30-25+/t38-,39+,40-,41-,42-/m1/s1. The van der Waals surface area contributed by atoms with E-state index in [1.54, 1.807) is 42.5 Å². The zero-order valence-corrected chi connectivity index (χ0v) is 38.3. The van der Waals surface area contributed by atoms with Crippen molar-refractivity contribution in [2.75, 3.05) is 26.4 Å². The van der Waals surface area contributed by atoms with Gasteiger partial charge in [0.15, 0.2) is 6.10 Å². The zero-order chi connectivity index (χ0) is 46.3. The monoisotopic (exact) mass is 920 g/mol. The lowest BCUT2D eigenvalue weighted by Crippen LogP contribution is -2.30. The average molecular weight is 921 g/mol. The molecule has 0 aromatic heterocycles. The third-order valence-corrected chi connectivity index (χ3v) is 10.1. The maximum atomic E-state index is 12.7. The molecule has 0 fully saturated rings. The van der Waals surface area contributed by atoms with Crippen LogP contribution >= 0.6 is 15.6 Å². The first-order valence-electron chi connectivity index (χ1n) is 21.6. The molecule has 0 saturated carbocycles. The minimum Gasteiger partial charge on any atom is -0.462 e. The van der Waals surface area contributed by atoms with Gasteiger partial charge in [-0.15, -0.1) is 0 Å². The minimum atomic E-state index is -4.91. The summed E-state index contributed by atoms with van der Waals surface area (Å²) in [6, 6.07) is 0. The predicted molar refractivity (Wildman–Crippen MR) is 238 cm³/mol. The molecule has 0 aliphatic heterocycles. The molecule has 0 radical (unpaired) electrons. The van der Waals surface area contributed by atoms with Crippen molar-refractivity contribution in [1.29, 1.82) is 0 Å². The Hall–Kier alpha value is -2.82. The normalized spacial score (nSPS) is 16.3. The molecule has 0 saturated heterocycles. The predicted octanol–water partition coefficient (Wildman–Crippen LogP) is 7.69. The minimum absolute atomic E-state index is 0.0337. The Bertz CT molecular complexity index is 1470. The van der Waals surface area contributed by atoms with Crippen LogP contribution in [0.4, 0.5) is 0 Å². The van der Waals surface area contributed by atoms with Gasteiger partial charge in [0.25, 0.3) is 0 Å². The summed E-state index contributed by atoms with van der Waals surface area (Å²) in [5, 5.41) is 40.2. The number of hydrogen-bond acceptors (Lipinski definition) is 13. The quantitative estimate of drug-likeness (QED) is 0.0103. The number of rotatable bonds is 39. The highest BCUT2D eigenvalue weighted by atomic mass is 31.2. The number of esters is 2. The highest BCUT2D eigenvalue weighted by Gasteiger charge is 2.28. The van der Waals surface area contributed by atoms with Crippen molar-refractivity contribution in [2.24, 2.45) is 0 Å². The van der Waals surface area contributed by atoms with Crippen molar-refractivity contribution in [3.63, 3.8) is 0 Å². The summed E-state index contributed by atoms with van der Waals surface area (Å²) in [6.07, 6.45) is 32.3. The summed E-state index contributed by atoms with van der Waals surface area (Å²) in [7, 11) is -9.81. The highest BCUT2D eigenvalue weighted by molar-refractivity contribution is 7.47. The fraction of sp³-hybridized carbons (Fsp3) is 0.636. The second kappa shape index (κ2) is 38.6. The number of unbranched alkanes of at least 4 members (excludes halogenated alkanes) is 7. The molecule has 0 spiro atoms. The van der Waals surface area contributed by atoms with Gasteiger partial charge in [-0.2, -0.15) is 0 Å². The van der Waals surface area contributed by atoms with Gasteiger partial charge in [-0.3, -0.25) is 23.2 Å². The number of hydrogen-bond donors (Lipinski definition) is 7. The summed E-state index contributed by atoms with van der Waals surface area (Å²) in [5.41, 5.74) is 0. The fourth-order valence-electron chi connectivity index (χ4n) is 5.21. The average Bonchev–Trinajstić information content (AvgIpc) is 3.22. The number of carbonyl (C=O) groups is 2. The molecule has 0 aromatic rings. The Balaban J connectivity index is 4.88. The number of aliphatic hydroxyl groups excluding tert-OH is 4. The second-order valence-corrected chi connectivity index (χ2v) is 17.1. The Morgan fingerprint density at radius 2 is 1.16 bits per heavy atom. The van der Waals surface area contributed by atoms with E-state index in [1.165, 1.54) is 6.08 Å². The van der Waals surface area contributed by atoms with Gasteiger partial charge in [0.05, 0.1) is 38.1 Å². The molecular formula is C44H74O16P2. The van der Waals surface area contributed by atoms with Crippen molar-refractivity contribution in [3.8, 4) is 0 Å². The molecular weight excluding hydrogens is 846 g/mol. The van der Waals surface area contributed by atoms with Crippen LogP contribution in [0.5, 0.6) is 0 Å². The molecule has 7 N–H and O–H groups in total. The molecule has 0 aliphatic rings. The molecule has 0 heterocycles. The van der Waals surface area contributed by atoms with Gasteiger partial charge in [-0.25, -0.2) is 9.13 Å². The van der Waals surface area contributed by atoms with Crippen LogP contribution in [0.2, 0.25) is 0 Å². The third-order valence-electron chi connectivity index (χ3n) is 8.62. The van der Waals surface area contributed by atoms with E-state index in [4.69, 9.17) is 23.8 Å². The maximum absolute atomic E-state index is 12.7. The summed E-state index contributed by atoms with van der Waals surface area (Å²) >= 11 is 0. The van der Waals surface area contributed by atoms with Crippen molar-refractivity contribution < 1.29 is 76.9 Å². The number of allylic oxidation sites excluding steroid dienone is 12. The van der Waals surface area contributed by atoms with Crippen molar-refractivity contribution in [3.05, 3.63) is 85.1 Å². The lowest BCUT2D eigenvalue weighted by Gasteiger charge is -2.20. The first-order valence-corrected chi connectivity index (χ1v) is 24.6. The molecule has 1 unspecified atom stereocenters. The molecule has 18 heteroatoms.